The first-order chi connectivity index (χ1) is 12.3. The van der Waals surface area contributed by atoms with E-state index in [2.05, 4.69) is 12.2 Å². The first kappa shape index (κ1) is 22.0. The quantitative estimate of drug-likeness (QED) is 0.477. The summed E-state index contributed by atoms with van der Waals surface area (Å²) in [5.74, 6) is -1.18. The van der Waals surface area contributed by atoms with Crippen molar-refractivity contribution in [1.29, 1.82) is 0 Å². The maximum absolute atomic E-state index is 12.5. The van der Waals surface area contributed by atoms with E-state index in [9.17, 15) is 22.8 Å². The summed E-state index contributed by atoms with van der Waals surface area (Å²) in [6.07, 6.45) is 1.95. The van der Waals surface area contributed by atoms with Gasteiger partial charge in [0.25, 0.3) is 5.91 Å². The summed E-state index contributed by atoms with van der Waals surface area (Å²) in [6, 6.07) is 2.94. The number of esters is 1. The Balaban J connectivity index is 2.35. The van der Waals surface area contributed by atoms with E-state index in [-0.39, 0.29) is 5.56 Å². The van der Waals surface area contributed by atoms with Crippen LogP contribution in [-0.2, 0) is 15.7 Å². The zero-order chi connectivity index (χ0) is 19.6. The van der Waals surface area contributed by atoms with Crippen molar-refractivity contribution in [2.24, 2.45) is 0 Å². The molecule has 26 heavy (non-hydrogen) atoms. The fraction of sp³-hybridized carbons (Fsp3) is 0.579. The average molecular weight is 373 g/mol. The number of nitrogens with one attached hydrogen (secondary N) is 1. The predicted octanol–water partition coefficient (Wildman–Crippen LogP) is 4.73. The number of alkyl halides is 3. The highest BCUT2D eigenvalue weighted by atomic mass is 19.4. The second-order valence-electron chi connectivity index (χ2n) is 6.21. The first-order valence-corrected chi connectivity index (χ1v) is 8.90. The Kier molecular flexibility index (Phi) is 9.16. The molecule has 4 nitrogen and oxygen atoms in total. The van der Waals surface area contributed by atoms with Crippen LogP contribution in [0.2, 0.25) is 0 Å². The number of amides is 1. The van der Waals surface area contributed by atoms with E-state index in [1.807, 2.05) is 0 Å². The number of benzene rings is 1. The monoisotopic (exact) mass is 373 g/mol. The minimum atomic E-state index is -4.46. The molecule has 0 bridgehead atoms. The largest absolute Gasteiger partial charge is 0.464 e. The number of halogens is 3. The van der Waals surface area contributed by atoms with Gasteiger partial charge in [0.1, 0.15) is 6.04 Å². The summed E-state index contributed by atoms with van der Waals surface area (Å²) >= 11 is 0. The lowest BCUT2D eigenvalue weighted by molar-refractivity contribution is -0.145. The molecule has 146 valence electrons. The number of rotatable bonds is 10. The number of ether oxygens (including phenoxy) is 1. The van der Waals surface area contributed by atoms with E-state index >= 15 is 0 Å². The van der Waals surface area contributed by atoms with Gasteiger partial charge < -0.3 is 10.1 Å². The first-order valence-electron chi connectivity index (χ1n) is 8.90. The van der Waals surface area contributed by atoms with Gasteiger partial charge in [-0.15, -0.1) is 0 Å². The van der Waals surface area contributed by atoms with Gasteiger partial charge in [-0.05, 0) is 37.6 Å². The van der Waals surface area contributed by atoms with Crippen LogP contribution in [-0.4, -0.2) is 24.5 Å². The van der Waals surface area contributed by atoms with Crippen LogP contribution in [0.4, 0.5) is 13.2 Å². The Hall–Kier alpha value is -2.05. The normalized spacial score (nSPS) is 12.5. The molecule has 1 aromatic carbocycles. The fourth-order valence-electron chi connectivity index (χ4n) is 2.33. The van der Waals surface area contributed by atoms with Crippen molar-refractivity contribution >= 4 is 11.9 Å². The third-order valence-electron chi connectivity index (χ3n) is 3.92. The number of hydrogen-bond donors (Lipinski definition) is 1. The summed E-state index contributed by atoms with van der Waals surface area (Å²) in [4.78, 5) is 23.8. The van der Waals surface area contributed by atoms with Crippen molar-refractivity contribution < 1.29 is 27.5 Å². The topological polar surface area (TPSA) is 55.4 Å². The van der Waals surface area contributed by atoms with Crippen LogP contribution in [0.15, 0.2) is 24.3 Å². The van der Waals surface area contributed by atoms with Gasteiger partial charge in [-0.25, -0.2) is 4.79 Å². The molecule has 1 rings (SSSR count). The van der Waals surface area contributed by atoms with Crippen molar-refractivity contribution in [1.82, 2.24) is 5.32 Å². The van der Waals surface area contributed by atoms with Crippen molar-refractivity contribution in [2.45, 2.75) is 64.6 Å². The van der Waals surface area contributed by atoms with E-state index in [0.29, 0.717) is 6.61 Å². The summed E-state index contributed by atoms with van der Waals surface area (Å²) < 4.78 is 42.6. The van der Waals surface area contributed by atoms with Crippen LogP contribution in [0.5, 0.6) is 0 Å². The molecule has 0 radical (unpaired) electrons. The van der Waals surface area contributed by atoms with Gasteiger partial charge in [-0.2, -0.15) is 13.2 Å². The third-order valence-corrected chi connectivity index (χ3v) is 3.92. The van der Waals surface area contributed by atoms with Crippen LogP contribution in [0.3, 0.4) is 0 Å². The highest BCUT2D eigenvalue weighted by molar-refractivity contribution is 5.96. The highest BCUT2D eigenvalue weighted by Crippen LogP contribution is 2.29. The molecule has 0 aliphatic rings. The van der Waals surface area contributed by atoms with Gasteiger partial charge in [-0.1, -0.05) is 39.0 Å². The highest BCUT2D eigenvalue weighted by Gasteiger charge is 2.30. The summed E-state index contributed by atoms with van der Waals surface area (Å²) in [5.41, 5.74) is -0.783. The zero-order valence-electron chi connectivity index (χ0n) is 15.2. The molecule has 0 aliphatic carbocycles. The molecule has 1 atom stereocenters. The van der Waals surface area contributed by atoms with Crippen LogP contribution in [0, 0.1) is 0 Å². The van der Waals surface area contributed by atoms with Crippen molar-refractivity contribution in [3.05, 3.63) is 35.4 Å². The van der Waals surface area contributed by atoms with E-state index in [1.54, 1.807) is 0 Å². The third kappa shape index (κ3) is 7.89. The molecular weight excluding hydrogens is 347 g/mol. The molecule has 1 aromatic rings. The van der Waals surface area contributed by atoms with Crippen LogP contribution in [0.1, 0.15) is 68.3 Å². The van der Waals surface area contributed by atoms with Gasteiger partial charge in [0.2, 0.25) is 0 Å². The maximum Gasteiger partial charge on any atom is 0.416 e. The molecule has 0 fully saturated rings. The minimum absolute atomic E-state index is 0.0496. The van der Waals surface area contributed by atoms with Crippen molar-refractivity contribution in [3.8, 4) is 0 Å². The molecule has 0 saturated carbocycles. The SMILES string of the molecule is CCCCCCCCOC(=O)[C@H](C)NC(=O)c1ccc(C(F)(F)F)cc1. The molecule has 0 aromatic heterocycles. The number of carbonyl (C=O) groups excluding carboxylic acids is 2. The van der Waals surface area contributed by atoms with Crippen molar-refractivity contribution in [3.63, 3.8) is 0 Å². The Morgan fingerprint density at radius 2 is 1.62 bits per heavy atom. The summed E-state index contributed by atoms with van der Waals surface area (Å²) in [5, 5.41) is 2.43. The standard InChI is InChI=1S/C19H26F3NO3/c1-3-4-5-6-7-8-13-26-18(25)14(2)23-17(24)15-9-11-16(12-10-15)19(20,21)22/h9-12,14H,3-8,13H2,1-2H3,(H,23,24)/t14-/m0/s1. The summed E-state index contributed by atoms with van der Waals surface area (Å²) in [7, 11) is 0. The lowest BCUT2D eigenvalue weighted by Crippen LogP contribution is -2.39. The van der Waals surface area contributed by atoms with Gasteiger partial charge >= 0.3 is 12.1 Å². The molecule has 7 heteroatoms. The van der Waals surface area contributed by atoms with Crippen molar-refractivity contribution in [2.75, 3.05) is 6.61 Å². The molecule has 1 N–H and O–H groups in total. The van der Waals surface area contributed by atoms with E-state index in [1.165, 1.54) is 26.2 Å². The molecule has 0 spiro atoms. The Morgan fingerprint density at radius 3 is 2.19 bits per heavy atom. The zero-order valence-corrected chi connectivity index (χ0v) is 15.2. The lowest BCUT2D eigenvalue weighted by Gasteiger charge is -2.14. The number of carbonyl (C=O) groups is 2. The van der Waals surface area contributed by atoms with Gasteiger partial charge in [0, 0.05) is 5.56 Å². The smallest absolute Gasteiger partial charge is 0.416 e. The maximum atomic E-state index is 12.5. The second kappa shape index (κ2) is 10.8. The van der Waals surface area contributed by atoms with Crippen LogP contribution in [0.25, 0.3) is 0 Å². The Morgan fingerprint density at radius 1 is 1.04 bits per heavy atom. The average Bonchev–Trinajstić information content (AvgIpc) is 2.60. The predicted molar refractivity (Wildman–Crippen MR) is 92.7 cm³/mol. The number of unbranched alkanes of at least 4 members (excludes halogenated alkanes) is 5. The molecule has 0 saturated heterocycles. The van der Waals surface area contributed by atoms with E-state index < -0.39 is 29.7 Å². The molecule has 1 amide bonds. The van der Waals surface area contributed by atoms with Gasteiger partial charge in [0.05, 0.1) is 12.2 Å². The van der Waals surface area contributed by atoms with E-state index in [0.717, 1.165) is 43.5 Å². The fourth-order valence-corrected chi connectivity index (χ4v) is 2.33. The molecule has 0 unspecified atom stereocenters. The second-order valence-corrected chi connectivity index (χ2v) is 6.21. The van der Waals surface area contributed by atoms with Gasteiger partial charge in [-0.3, -0.25) is 4.79 Å². The van der Waals surface area contributed by atoms with Gasteiger partial charge in [0.15, 0.2) is 0 Å². The molecule has 0 heterocycles. The van der Waals surface area contributed by atoms with Crippen LogP contribution < -0.4 is 5.32 Å². The van der Waals surface area contributed by atoms with Crippen LogP contribution >= 0.6 is 0 Å². The Bertz CT molecular complexity index is 570. The molecule has 0 aliphatic heterocycles. The number of hydrogen-bond acceptors (Lipinski definition) is 3. The Labute approximate surface area is 152 Å². The lowest BCUT2D eigenvalue weighted by atomic mass is 10.1. The minimum Gasteiger partial charge on any atom is -0.464 e. The molecular formula is C19H26F3NO3. The summed E-state index contributed by atoms with van der Waals surface area (Å²) in [6.45, 7) is 3.92. The van der Waals surface area contributed by atoms with E-state index in [4.69, 9.17) is 4.74 Å².